The molecule has 0 spiro atoms. The van der Waals surface area contributed by atoms with Crippen LogP contribution in [-0.2, 0) is 29.7 Å². The minimum atomic E-state index is -0.272. The topological polar surface area (TPSA) is 102 Å². The van der Waals surface area contributed by atoms with Crippen LogP contribution in [0.2, 0.25) is 0 Å². The Kier molecular flexibility index (Phi) is 5.68. The fourth-order valence-corrected chi connectivity index (χ4v) is 3.64. The van der Waals surface area contributed by atoms with Gasteiger partial charge in [-0.15, -0.1) is 0 Å². The lowest BCUT2D eigenvalue weighted by atomic mass is 10.2. The van der Waals surface area contributed by atoms with Crippen molar-refractivity contribution in [3.8, 4) is 0 Å². The van der Waals surface area contributed by atoms with Gasteiger partial charge in [0.1, 0.15) is 12.4 Å². The minimum absolute atomic E-state index is 0.0990. The third-order valence-corrected chi connectivity index (χ3v) is 5.27. The lowest BCUT2D eigenvalue weighted by Crippen LogP contribution is -2.38. The molecule has 1 amide bonds. The minimum Gasteiger partial charge on any atom is -0.383 e. The Morgan fingerprint density at radius 3 is 2.58 bits per heavy atom. The number of fused-ring (bicyclic) bond motifs is 2. The van der Waals surface area contributed by atoms with E-state index in [-0.39, 0.29) is 30.2 Å². The number of hydrogen-bond donors (Lipinski definition) is 1. The predicted octanol–water partition coefficient (Wildman–Crippen LogP) is 1.25. The number of H-pyrrole nitrogens is 1. The molecule has 9 heteroatoms. The number of aryl methyl sites for hydroxylation is 1. The van der Waals surface area contributed by atoms with E-state index in [9.17, 15) is 14.4 Å². The maximum absolute atomic E-state index is 13.2. The van der Waals surface area contributed by atoms with Crippen LogP contribution in [0.4, 0.5) is 0 Å². The number of carbonyl (C=O) groups is 1. The number of hydrogen-bond acceptors (Lipinski definition) is 5. The number of aromatic nitrogens is 4. The Bertz CT molecular complexity index is 1370. The maximum atomic E-state index is 13.2. The SMILES string of the molecule is COCCN(Cc1nc2ccccc2c(=O)[nH]1)C(=O)Cn1c(=O)n(C)c2ccccc21. The van der Waals surface area contributed by atoms with Gasteiger partial charge in [-0.2, -0.15) is 0 Å². The highest BCUT2D eigenvalue weighted by molar-refractivity contribution is 5.81. The van der Waals surface area contributed by atoms with Crippen molar-refractivity contribution in [1.29, 1.82) is 0 Å². The second-order valence-electron chi connectivity index (χ2n) is 7.25. The average molecular weight is 421 g/mol. The summed E-state index contributed by atoms with van der Waals surface area (Å²) in [5.74, 6) is 0.102. The normalized spacial score (nSPS) is 11.3. The molecule has 4 rings (SSSR count). The predicted molar refractivity (Wildman–Crippen MR) is 117 cm³/mol. The molecule has 0 atom stereocenters. The van der Waals surface area contributed by atoms with E-state index in [1.807, 2.05) is 24.3 Å². The van der Waals surface area contributed by atoms with Crippen molar-refractivity contribution in [3.05, 3.63) is 75.2 Å². The molecule has 0 bridgehead atoms. The second-order valence-corrected chi connectivity index (χ2v) is 7.25. The largest absolute Gasteiger partial charge is 0.383 e. The monoisotopic (exact) mass is 421 g/mol. The molecule has 2 aromatic carbocycles. The number of amides is 1. The number of carbonyl (C=O) groups excluding carboxylic acids is 1. The third-order valence-electron chi connectivity index (χ3n) is 5.27. The molecule has 9 nitrogen and oxygen atoms in total. The molecule has 0 unspecified atom stereocenters. The molecule has 2 aromatic heterocycles. The van der Waals surface area contributed by atoms with Crippen LogP contribution in [0.1, 0.15) is 5.82 Å². The summed E-state index contributed by atoms with van der Waals surface area (Å²) in [4.78, 5) is 47.0. The zero-order chi connectivity index (χ0) is 22.0. The number of nitrogens with zero attached hydrogens (tertiary/aromatic N) is 4. The average Bonchev–Trinajstić information content (AvgIpc) is 3.01. The summed E-state index contributed by atoms with van der Waals surface area (Å²) < 4.78 is 8.11. The van der Waals surface area contributed by atoms with E-state index in [0.717, 1.165) is 5.52 Å². The summed E-state index contributed by atoms with van der Waals surface area (Å²) in [5.41, 5.74) is 1.48. The van der Waals surface area contributed by atoms with Crippen molar-refractivity contribution in [2.75, 3.05) is 20.3 Å². The van der Waals surface area contributed by atoms with Crippen LogP contribution in [0.3, 0.4) is 0 Å². The second kappa shape index (κ2) is 8.57. The summed E-state index contributed by atoms with van der Waals surface area (Å²) in [6, 6.07) is 14.4. The van der Waals surface area contributed by atoms with Crippen molar-refractivity contribution in [1.82, 2.24) is 24.0 Å². The number of methoxy groups -OCH3 is 1. The quantitative estimate of drug-likeness (QED) is 0.484. The van der Waals surface area contributed by atoms with E-state index in [0.29, 0.717) is 35.4 Å². The molecular weight excluding hydrogens is 398 g/mol. The van der Waals surface area contributed by atoms with Crippen LogP contribution in [0.5, 0.6) is 0 Å². The highest BCUT2D eigenvalue weighted by Crippen LogP contribution is 2.13. The standard InChI is InChI=1S/C22H23N5O4/c1-25-17-9-5-6-10-18(17)27(22(25)30)14-20(28)26(11-12-31-2)13-19-23-16-8-4-3-7-15(16)21(29)24-19/h3-10H,11-14H2,1-2H3,(H,23,24,29). The molecule has 2 heterocycles. The Balaban J connectivity index is 1.64. The molecule has 31 heavy (non-hydrogen) atoms. The van der Waals surface area contributed by atoms with Crippen molar-refractivity contribution < 1.29 is 9.53 Å². The molecule has 0 saturated heterocycles. The number of para-hydroxylation sites is 3. The Morgan fingerprint density at radius 1 is 1.10 bits per heavy atom. The summed E-state index contributed by atoms with van der Waals surface area (Å²) >= 11 is 0. The lowest BCUT2D eigenvalue weighted by molar-refractivity contribution is -0.133. The first-order valence-corrected chi connectivity index (χ1v) is 9.88. The van der Waals surface area contributed by atoms with Crippen molar-refractivity contribution in [2.45, 2.75) is 13.1 Å². The van der Waals surface area contributed by atoms with Gasteiger partial charge in [0, 0.05) is 20.7 Å². The molecule has 0 aliphatic carbocycles. The van der Waals surface area contributed by atoms with Gasteiger partial charge in [0.15, 0.2) is 0 Å². The molecule has 0 fully saturated rings. The van der Waals surface area contributed by atoms with Crippen molar-refractivity contribution in [2.24, 2.45) is 7.05 Å². The number of benzene rings is 2. The first-order chi connectivity index (χ1) is 15.0. The van der Waals surface area contributed by atoms with Crippen LogP contribution >= 0.6 is 0 Å². The first-order valence-electron chi connectivity index (χ1n) is 9.88. The van der Waals surface area contributed by atoms with Crippen LogP contribution in [0.25, 0.3) is 21.9 Å². The number of aromatic amines is 1. The highest BCUT2D eigenvalue weighted by Gasteiger charge is 2.19. The maximum Gasteiger partial charge on any atom is 0.329 e. The number of ether oxygens (including phenoxy) is 1. The van der Waals surface area contributed by atoms with Gasteiger partial charge in [-0.25, -0.2) is 9.78 Å². The van der Waals surface area contributed by atoms with Crippen molar-refractivity contribution >= 4 is 27.8 Å². The van der Waals surface area contributed by atoms with Crippen LogP contribution in [0.15, 0.2) is 58.1 Å². The van der Waals surface area contributed by atoms with Gasteiger partial charge in [-0.1, -0.05) is 24.3 Å². The van der Waals surface area contributed by atoms with Crippen molar-refractivity contribution in [3.63, 3.8) is 0 Å². The fraction of sp³-hybridized carbons (Fsp3) is 0.273. The van der Waals surface area contributed by atoms with E-state index >= 15 is 0 Å². The zero-order valence-corrected chi connectivity index (χ0v) is 17.4. The van der Waals surface area contributed by atoms with Gasteiger partial charge in [-0.05, 0) is 24.3 Å². The number of rotatable bonds is 7. The smallest absolute Gasteiger partial charge is 0.329 e. The molecular formula is C22H23N5O4. The lowest BCUT2D eigenvalue weighted by Gasteiger charge is -2.22. The van der Waals surface area contributed by atoms with Crippen LogP contribution in [0, 0.1) is 0 Å². The summed E-state index contributed by atoms with van der Waals surface area (Å²) in [5, 5.41) is 0.489. The molecule has 0 aliphatic heterocycles. The Hall–Kier alpha value is -3.72. The molecule has 0 radical (unpaired) electrons. The van der Waals surface area contributed by atoms with E-state index in [4.69, 9.17) is 4.74 Å². The van der Waals surface area contributed by atoms with Crippen LogP contribution in [-0.4, -0.2) is 50.2 Å². The van der Waals surface area contributed by atoms with Gasteiger partial charge in [0.25, 0.3) is 5.56 Å². The van der Waals surface area contributed by atoms with Gasteiger partial charge in [-0.3, -0.25) is 18.7 Å². The first kappa shape index (κ1) is 20.5. The molecule has 0 aliphatic rings. The number of imidazole rings is 1. The van der Waals surface area contributed by atoms with Gasteiger partial charge >= 0.3 is 5.69 Å². The van der Waals surface area contributed by atoms with E-state index < -0.39 is 0 Å². The molecule has 4 aromatic rings. The zero-order valence-electron chi connectivity index (χ0n) is 17.4. The van der Waals surface area contributed by atoms with Gasteiger partial charge in [0.2, 0.25) is 5.91 Å². The third kappa shape index (κ3) is 3.99. The van der Waals surface area contributed by atoms with Gasteiger partial charge < -0.3 is 14.6 Å². The van der Waals surface area contributed by atoms with E-state index in [1.54, 1.807) is 38.4 Å². The van der Waals surface area contributed by atoms with Gasteiger partial charge in [0.05, 0.1) is 35.1 Å². The molecule has 160 valence electrons. The summed E-state index contributed by atoms with van der Waals surface area (Å²) in [6.07, 6.45) is 0. The van der Waals surface area contributed by atoms with Crippen LogP contribution < -0.4 is 11.2 Å². The van der Waals surface area contributed by atoms with E-state index in [2.05, 4.69) is 9.97 Å². The molecule has 1 N–H and O–H groups in total. The molecule has 0 saturated carbocycles. The fourth-order valence-electron chi connectivity index (χ4n) is 3.64. The van der Waals surface area contributed by atoms with E-state index in [1.165, 1.54) is 14.0 Å². The Morgan fingerprint density at radius 2 is 1.81 bits per heavy atom. The Labute approximate surface area is 177 Å². The highest BCUT2D eigenvalue weighted by atomic mass is 16.5. The summed E-state index contributed by atoms with van der Waals surface area (Å²) in [6.45, 7) is 0.586. The number of nitrogens with one attached hydrogen (secondary N) is 1. The summed E-state index contributed by atoms with van der Waals surface area (Å²) in [7, 11) is 3.23.